The predicted octanol–water partition coefficient (Wildman–Crippen LogP) is 15.9. The zero-order chi connectivity index (χ0) is 96.0. The second-order valence-electron chi connectivity index (χ2n) is 39.1. The van der Waals surface area contributed by atoms with Crippen molar-refractivity contribution in [2.45, 2.75) is 94.8 Å². The van der Waals surface area contributed by atoms with Gasteiger partial charge in [0.2, 0.25) is 0 Å². The van der Waals surface area contributed by atoms with E-state index in [-0.39, 0.29) is 70.9 Å². The number of hydrogen-bond donors (Lipinski definition) is 8. The van der Waals surface area contributed by atoms with Crippen LogP contribution in [0.4, 0.5) is 63.6 Å². The Morgan fingerprint density at radius 2 is 0.697 bits per heavy atom. The fraction of sp³-hybridized carbons (Fsp3) is 0.321. The first-order valence-electron chi connectivity index (χ1n) is 48.5. The minimum atomic E-state index is -0.289. The summed E-state index contributed by atoms with van der Waals surface area (Å²) in [7, 11) is 7.23. The van der Waals surface area contributed by atoms with Gasteiger partial charge in [-0.25, -0.2) is 17.6 Å². The Balaban J connectivity index is 0.0000000995. The van der Waals surface area contributed by atoms with E-state index in [9.17, 15) is 17.6 Å². The number of hydrogen-bond acceptors (Lipinski definition) is 32. The quantitative estimate of drug-likeness (QED) is 0.0417. The average Bonchev–Trinajstić information content (AvgIpc) is 1.13. The van der Waals surface area contributed by atoms with Crippen LogP contribution in [-0.4, -0.2) is 191 Å². The van der Waals surface area contributed by atoms with Crippen molar-refractivity contribution in [3.63, 3.8) is 0 Å². The molecule has 28 rings (SSSR count). The summed E-state index contributed by atoms with van der Waals surface area (Å²) in [5, 5.41) is 16.1. The number of ether oxygens (including phenoxy) is 4. The monoisotopic (exact) mass is 1900 g/mol. The number of anilines is 8. The maximum absolute atomic E-state index is 14.6. The van der Waals surface area contributed by atoms with Gasteiger partial charge >= 0.3 is 24.0 Å². The van der Waals surface area contributed by atoms with Crippen LogP contribution in [0.25, 0.3) is 88.6 Å². The summed E-state index contributed by atoms with van der Waals surface area (Å²) in [4.78, 5) is 83.0. The number of nitrogens with two attached hydrogens (primary N) is 3. The lowest BCUT2D eigenvalue weighted by molar-refractivity contribution is 0.0558. The number of pyridine rings is 8. The lowest BCUT2D eigenvalue weighted by Gasteiger charge is -2.60. The molecule has 9 atom stereocenters. The minimum Gasteiger partial charge on any atom is -0.423 e. The van der Waals surface area contributed by atoms with E-state index in [1.807, 2.05) is 93.9 Å². The van der Waals surface area contributed by atoms with Crippen LogP contribution in [-0.2, 0) is 25.7 Å². The van der Waals surface area contributed by atoms with Crippen LogP contribution in [0.3, 0.4) is 0 Å². The molecule has 12 aromatic heterocycles. The Hall–Kier alpha value is -15.4. The number of fused-ring (bicyclic) bond motifs is 19. The van der Waals surface area contributed by atoms with Crippen molar-refractivity contribution in [3.8, 4) is 91.5 Å². The molecule has 0 radical (unpaired) electrons. The molecule has 4 aromatic carbocycles. The van der Waals surface area contributed by atoms with E-state index in [1.54, 1.807) is 80.9 Å². The average molecular weight is 1910 g/mol. The summed E-state index contributed by atoms with van der Waals surface area (Å²) in [6.07, 6.45) is 23.4. The van der Waals surface area contributed by atoms with Crippen molar-refractivity contribution >= 4 is 90.2 Å². The molecule has 11 N–H and O–H groups in total. The fourth-order valence-corrected chi connectivity index (χ4v) is 23.7. The second-order valence-corrected chi connectivity index (χ2v) is 39.1. The van der Waals surface area contributed by atoms with Crippen molar-refractivity contribution in [1.29, 1.82) is 0 Å². The largest absolute Gasteiger partial charge is 0.423 e. The standard InChI is InChI=1S/2C27H26FN7O.2C26H24FN7O/c1-30-22-8-15(28)7-18-17(22)10-24-25(18)26(35-12-14-4-5-20(29)19(14)13-35)34-27(33-24)36-16-9-23-21(32-11-16)3-2-6-31-23;1-30-22-8-16(28)7-20-19(22)10-24-25(20)26(35-12-14-5-17(29)6-15(14)13-35)34-27(33-24)36-18-9-23-21(32-11-18)3-2-4-31-23;1-29-19-8-14(27)7-17-16(19)10-21-23(17)24(34-12-26(13-34)5-4-22(26)28)33-25(32-21)35-15-9-20-18(31-11-15)3-2-6-30-20;1-28-20-8-15(27)7-18-17(20)10-22-24(18)25(34-12-14-4-6-30-23(14)13-34)33-26(32-22)35-16-9-21-19(31-11-16)3-2-5-29-21/h2-3,6-9,11,14,19-20,30H,4-5,10,12-13,29H2,1H3;2-4,7-9,11,14-15,17,30H,5-6,10,12-13,29H2,1H3;2-3,6-9,11,22,29H,4-5,10,12-13,28H2,1H3;2-3,5,7-9,11,14,23,28,30H,4,6,10,12-13H2,1H3/t14-,19+,20-;14-,15+,17?;;14-,23+/m1..1/s1. The van der Waals surface area contributed by atoms with Crippen LogP contribution in [0.1, 0.15) is 90.0 Å². The van der Waals surface area contributed by atoms with Crippen molar-refractivity contribution in [3.05, 3.63) is 239 Å². The zero-order valence-electron chi connectivity index (χ0n) is 78.3. The molecule has 1 spiro atoms. The summed E-state index contributed by atoms with van der Waals surface area (Å²) in [5.74, 6) is 6.79. The Morgan fingerprint density at radius 1 is 0.359 bits per heavy atom. The molecule has 36 heteroatoms. The number of halogens is 4. The summed E-state index contributed by atoms with van der Waals surface area (Å²) < 4.78 is 82.8. The molecule has 142 heavy (non-hydrogen) atoms. The van der Waals surface area contributed by atoms with Gasteiger partial charge < -0.3 is 82.3 Å². The molecule has 2 unspecified atom stereocenters. The molecule has 3 saturated carbocycles. The number of aromatic nitrogens is 16. The summed E-state index contributed by atoms with van der Waals surface area (Å²) in [6.45, 7) is 7.97. The SMILES string of the molecule is CNc1cc(F)cc2c1Cc1nc(Oc3cnc4cccnc4c3)nc(N3CC4(CCC4N)C3)c1-2.CNc1cc(F)cc2c1Cc1nc(Oc3cnc4cccnc4c3)nc(N3C[C@H]4CC(N)C[C@H]4C3)c1-2.CNc1cc(F)cc2c1Cc1nc(Oc3cnc4cccnc4c3)nc(N3C[C@H]4CCN[C@H]4C3)c1-2.CNc1cc(F)cc2c1Cc1nc(Oc3cnc4cccnc4c3)nc(N3C[C@H]4CC[C@@H](N)[C@H]4C3)c1-2. The number of nitrogens with zero attached hydrogens (tertiary/aromatic N) is 20. The van der Waals surface area contributed by atoms with E-state index in [0.717, 1.165) is 284 Å². The van der Waals surface area contributed by atoms with E-state index in [2.05, 4.69) is 86.1 Å². The molecule has 5 aliphatic heterocycles. The maximum Gasteiger partial charge on any atom is 0.324 e. The first-order valence-corrected chi connectivity index (χ1v) is 48.5. The fourth-order valence-electron chi connectivity index (χ4n) is 23.7. The third-order valence-electron chi connectivity index (χ3n) is 30.7. The number of nitrogens with one attached hydrogen (secondary N) is 5. The van der Waals surface area contributed by atoms with Crippen LogP contribution in [0.15, 0.2) is 171 Å². The van der Waals surface area contributed by atoms with E-state index in [0.29, 0.717) is 84.3 Å². The van der Waals surface area contributed by atoms with Crippen molar-refractivity contribution < 1.29 is 36.5 Å². The summed E-state index contributed by atoms with van der Waals surface area (Å²) in [5.41, 5.74) is 42.7. The molecule has 8 fully saturated rings. The highest BCUT2D eigenvalue weighted by Crippen LogP contribution is 2.56. The molecule has 12 aliphatic rings. The van der Waals surface area contributed by atoms with Gasteiger partial charge in [0, 0.05) is 230 Å². The Bertz CT molecular complexity index is 7770. The van der Waals surface area contributed by atoms with Gasteiger partial charge in [-0.2, -0.15) is 39.9 Å². The van der Waals surface area contributed by atoms with Gasteiger partial charge in [0.15, 0.2) is 23.0 Å². The topological polar surface area (TPSA) is 394 Å². The molecular formula is C106H100F4N28O4. The normalized spacial score (nSPS) is 20.8. The van der Waals surface area contributed by atoms with Crippen molar-refractivity contribution in [1.82, 2.24) is 85.1 Å². The molecule has 0 amide bonds. The summed E-state index contributed by atoms with van der Waals surface area (Å²) in [6, 6.07) is 37.0. The molecule has 716 valence electrons. The highest BCUT2D eigenvalue weighted by atomic mass is 19.1. The molecular weight excluding hydrogens is 1810 g/mol. The van der Waals surface area contributed by atoms with Crippen LogP contribution in [0.2, 0.25) is 0 Å². The second kappa shape index (κ2) is 35.4. The van der Waals surface area contributed by atoms with Crippen LogP contribution < -0.4 is 82.3 Å². The molecule has 5 saturated heterocycles. The highest BCUT2D eigenvalue weighted by Gasteiger charge is 2.55. The number of rotatable bonds is 16. The predicted molar refractivity (Wildman–Crippen MR) is 534 cm³/mol. The van der Waals surface area contributed by atoms with E-state index in [4.69, 9.17) is 76.0 Å². The smallest absolute Gasteiger partial charge is 0.324 e. The van der Waals surface area contributed by atoms with Crippen molar-refractivity contribution in [2.75, 3.05) is 128 Å². The van der Waals surface area contributed by atoms with Gasteiger partial charge in [-0.1, -0.05) is 0 Å². The molecule has 7 aliphatic carbocycles. The van der Waals surface area contributed by atoms with Gasteiger partial charge in [-0.15, -0.1) is 0 Å². The molecule has 32 nitrogen and oxygen atoms in total. The number of benzene rings is 4. The van der Waals surface area contributed by atoms with Crippen LogP contribution >= 0.6 is 0 Å². The zero-order valence-corrected chi connectivity index (χ0v) is 78.3. The van der Waals surface area contributed by atoms with E-state index in [1.165, 1.54) is 24.3 Å². The molecule has 16 aromatic rings. The Kier molecular flexibility index (Phi) is 22.0. The Morgan fingerprint density at radius 3 is 1.03 bits per heavy atom. The summed E-state index contributed by atoms with van der Waals surface area (Å²) >= 11 is 0. The highest BCUT2D eigenvalue weighted by molar-refractivity contribution is 5.93. The lowest BCUT2D eigenvalue weighted by atomic mass is 9.60. The van der Waals surface area contributed by atoms with Crippen LogP contribution in [0, 0.1) is 58.3 Å². The van der Waals surface area contributed by atoms with Crippen LogP contribution in [0.5, 0.6) is 47.0 Å². The van der Waals surface area contributed by atoms with E-state index >= 15 is 0 Å². The van der Waals surface area contributed by atoms with Gasteiger partial charge in [0.05, 0.1) is 91.7 Å². The first-order chi connectivity index (χ1) is 69.3. The lowest BCUT2D eigenvalue weighted by Crippen LogP contribution is -2.69. The first kappa shape index (κ1) is 88.1. The van der Waals surface area contributed by atoms with Gasteiger partial charge in [-0.05, 0) is 223 Å². The van der Waals surface area contributed by atoms with Crippen molar-refractivity contribution in [2.24, 2.45) is 52.2 Å². The minimum absolute atomic E-state index is 0.159. The van der Waals surface area contributed by atoms with E-state index < -0.39 is 0 Å². The molecule has 17 heterocycles. The van der Waals surface area contributed by atoms with Gasteiger partial charge in [0.25, 0.3) is 0 Å². The third-order valence-corrected chi connectivity index (χ3v) is 30.7. The van der Waals surface area contributed by atoms with Gasteiger partial charge in [-0.3, -0.25) is 39.9 Å². The molecule has 0 bridgehead atoms. The third kappa shape index (κ3) is 15.9. The maximum atomic E-state index is 14.6. The van der Waals surface area contributed by atoms with Gasteiger partial charge in [0.1, 0.15) is 46.5 Å². The Labute approximate surface area is 813 Å².